The molecular formula is C15H20N4. The molecule has 1 aromatic heterocycles. The van der Waals surface area contributed by atoms with E-state index in [2.05, 4.69) is 40.6 Å². The highest BCUT2D eigenvalue weighted by Crippen LogP contribution is 2.36. The molecule has 0 aliphatic heterocycles. The summed E-state index contributed by atoms with van der Waals surface area (Å²) in [6.45, 7) is 0.968. The zero-order valence-corrected chi connectivity index (χ0v) is 11.6. The van der Waals surface area contributed by atoms with E-state index in [1.54, 1.807) is 0 Å². The predicted octanol–water partition coefficient (Wildman–Crippen LogP) is 2.53. The van der Waals surface area contributed by atoms with Crippen LogP contribution in [0.1, 0.15) is 19.3 Å². The zero-order valence-electron chi connectivity index (χ0n) is 11.6. The van der Waals surface area contributed by atoms with Gasteiger partial charge in [0, 0.05) is 17.5 Å². The van der Waals surface area contributed by atoms with E-state index >= 15 is 0 Å². The van der Waals surface area contributed by atoms with Crippen molar-refractivity contribution in [1.29, 1.82) is 0 Å². The maximum Gasteiger partial charge on any atom is 0.0950 e. The van der Waals surface area contributed by atoms with Crippen molar-refractivity contribution in [2.45, 2.75) is 24.8 Å². The lowest BCUT2D eigenvalue weighted by Crippen LogP contribution is -2.54. The monoisotopic (exact) mass is 256 g/mol. The van der Waals surface area contributed by atoms with Gasteiger partial charge in [-0.2, -0.15) is 10.2 Å². The smallest absolute Gasteiger partial charge is 0.0950 e. The number of hydrogen-bond acceptors (Lipinski definition) is 4. The predicted molar refractivity (Wildman–Crippen MR) is 78.3 cm³/mol. The molecule has 4 nitrogen and oxygen atoms in total. The minimum Gasteiger partial charge on any atom is -0.381 e. The van der Waals surface area contributed by atoms with E-state index < -0.39 is 0 Å². The number of rotatable bonds is 4. The molecule has 100 valence electrons. The van der Waals surface area contributed by atoms with Gasteiger partial charge in [-0.1, -0.05) is 18.2 Å². The van der Waals surface area contributed by atoms with Crippen LogP contribution in [0.15, 0.2) is 30.5 Å². The molecule has 1 saturated carbocycles. The second kappa shape index (κ2) is 4.78. The first-order valence-electron chi connectivity index (χ1n) is 6.83. The third kappa shape index (κ3) is 2.16. The number of benzene rings is 1. The number of nitrogens with one attached hydrogen (secondary N) is 1. The highest BCUT2D eigenvalue weighted by Gasteiger charge is 2.38. The van der Waals surface area contributed by atoms with Gasteiger partial charge < -0.3 is 10.2 Å². The fraction of sp³-hybridized carbons (Fsp3) is 0.467. The Balaban J connectivity index is 1.82. The second-order valence-corrected chi connectivity index (χ2v) is 5.60. The summed E-state index contributed by atoms with van der Waals surface area (Å²) >= 11 is 0. The molecule has 0 amide bonds. The minimum atomic E-state index is 0.310. The quantitative estimate of drug-likeness (QED) is 0.912. The first kappa shape index (κ1) is 12.4. The van der Waals surface area contributed by atoms with E-state index in [0.717, 1.165) is 23.1 Å². The van der Waals surface area contributed by atoms with Crippen LogP contribution >= 0.6 is 0 Å². The van der Waals surface area contributed by atoms with Gasteiger partial charge in [-0.05, 0) is 39.4 Å². The van der Waals surface area contributed by atoms with Gasteiger partial charge in [-0.15, -0.1) is 0 Å². The molecule has 0 radical (unpaired) electrons. The van der Waals surface area contributed by atoms with E-state index in [1.165, 1.54) is 19.3 Å². The van der Waals surface area contributed by atoms with Crippen LogP contribution in [0.25, 0.3) is 10.9 Å². The minimum absolute atomic E-state index is 0.310. The van der Waals surface area contributed by atoms with Gasteiger partial charge in [0.15, 0.2) is 0 Å². The van der Waals surface area contributed by atoms with Crippen molar-refractivity contribution in [1.82, 2.24) is 15.1 Å². The summed E-state index contributed by atoms with van der Waals surface area (Å²) in [7, 11) is 4.34. The zero-order chi connectivity index (χ0) is 13.3. The summed E-state index contributed by atoms with van der Waals surface area (Å²) in [6.07, 6.45) is 5.69. The first-order chi connectivity index (χ1) is 9.21. The summed E-state index contributed by atoms with van der Waals surface area (Å²) in [4.78, 5) is 2.35. The van der Waals surface area contributed by atoms with Gasteiger partial charge >= 0.3 is 0 Å². The van der Waals surface area contributed by atoms with E-state index in [1.807, 2.05) is 24.4 Å². The molecule has 1 aliphatic carbocycles. The lowest BCUT2D eigenvalue weighted by atomic mass is 9.75. The average molecular weight is 256 g/mol. The van der Waals surface area contributed by atoms with Crippen LogP contribution in [0.2, 0.25) is 0 Å². The summed E-state index contributed by atoms with van der Waals surface area (Å²) in [5.41, 5.74) is 2.34. The number of nitrogens with zero attached hydrogens (tertiary/aromatic N) is 3. The number of aromatic nitrogens is 2. The molecule has 0 saturated heterocycles. The van der Waals surface area contributed by atoms with Crippen LogP contribution in [0, 0.1) is 0 Å². The van der Waals surface area contributed by atoms with Gasteiger partial charge in [-0.25, -0.2) is 0 Å². The molecule has 3 rings (SSSR count). The van der Waals surface area contributed by atoms with Crippen LogP contribution in [0.4, 0.5) is 5.69 Å². The van der Waals surface area contributed by atoms with Crippen LogP contribution in [0.5, 0.6) is 0 Å². The van der Waals surface area contributed by atoms with Crippen molar-refractivity contribution >= 4 is 16.6 Å². The van der Waals surface area contributed by atoms with Crippen molar-refractivity contribution < 1.29 is 0 Å². The Bertz CT molecular complexity index is 570. The Labute approximate surface area is 113 Å². The van der Waals surface area contributed by atoms with Gasteiger partial charge in [0.25, 0.3) is 0 Å². The van der Waals surface area contributed by atoms with Crippen molar-refractivity contribution in [3.05, 3.63) is 30.5 Å². The van der Waals surface area contributed by atoms with Crippen LogP contribution in [-0.2, 0) is 0 Å². The van der Waals surface area contributed by atoms with Gasteiger partial charge in [0.1, 0.15) is 0 Å². The summed E-state index contributed by atoms with van der Waals surface area (Å²) in [6, 6.07) is 8.13. The normalized spacial score (nSPS) is 17.4. The molecule has 19 heavy (non-hydrogen) atoms. The Kier molecular flexibility index (Phi) is 3.11. The van der Waals surface area contributed by atoms with Crippen molar-refractivity contribution in [3.63, 3.8) is 0 Å². The molecule has 0 unspecified atom stereocenters. The lowest BCUT2D eigenvalue weighted by molar-refractivity contribution is 0.0739. The maximum absolute atomic E-state index is 4.16. The van der Waals surface area contributed by atoms with E-state index in [0.29, 0.717) is 5.54 Å². The third-order valence-corrected chi connectivity index (χ3v) is 4.39. The van der Waals surface area contributed by atoms with Gasteiger partial charge in [0.2, 0.25) is 0 Å². The highest BCUT2D eigenvalue weighted by atomic mass is 15.2. The standard InChI is InChI=1S/C15H20N4/c1-19(2)15(8-5-9-15)11-16-14-10-17-18-13-7-4-3-6-12(13)14/h3-4,6-7,10H,5,8-9,11H2,1-2H3,(H,16,18). The Morgan fingerprint density at radius 1 is 1.26 bits per heavy atom. The topological polar surface area (TPSA) is 41.0 Å². The average Bonchev–Trinajstić information content (AvgIpc) is 2.37. The Morgan fingerprint density at radius 3 is 2.74 bits per heavy atom. The number of likely N-dealkylation sites (N-methyl/N-ethyl adjacent to an activating group) is 1. The molecule has 4 heteroatoms. The fourth-order valence-corrected chi connectivity index (χ4v) is 2.77. The van der Waals surface area contributed by atoms with Crippen molar-refractivity contribution in [2.75, 3.05) is 26.0 Å². The van der Waals surface area contributed by atoms with Crippen LogP contribution < -0.4 is 5.32 Å². The number of anilines is 1. The van der Waals surface area contributed by atoms with E-state index in [4.69, 9.17) is 0 Å². The number of hydrogen-bond donors (Lipinski definition) is 1. The lowest BCUT2D eigenvalue weighted by Gasteiger charge is -2.47. The molecule has 1 aliphatic rings. The summed E-state index contributed by atoms with van der Waals surface area (Å²) in [5.74, 6) is 0. The fourth-order valence-electron chi connectivity index (χ4n) is 2.77. The molecule has 1 heterocycles. The summed E-state index contributed by atoms with van der Waals surface area (Å²) in [5, 5.41) is 12.9. The molecule has 0 bridgehead atoms. The Hall–Kier alpha value is -1.68. The molecule has 1 fully saturated rings. The molecule has 0 spiro atoms. The Morgan fingerprint density at radius 2 is 2.05 bits per heavy atom. The molecule has 0 atom stereocenters. The molecule has 1 N–H and O–H groups in total. The number of fused-ring (bicyclic) bond motifs is 1. The highest BCUT2D eigenvalue weighted by molar-refractivity contribution is 5.90. The molecular weight excluding hydrogens is 236 g/mol. The first-order valence-corrected chi connectivity index (χ1v) is 6.83. The van der Waals surface area contributed by atoms with E-state index in [9.17, 15) is 0 Å². The van der Waals surface area contributed by atoms with Crippen LogP contribution in [0.3, 0.4) is 0 Å². The molecule has 1 aromatic carbocycles. The van der Waals surface area contributed by atoms with Crippen molar-refractivity contribution in [3.8, 4) is 0 Å². The molecule has 2 aromatic rings. The largest absolute Gasteiger partial charge is 0.381 e. The second-order valence-electron chi connectivity index (χ2n) is 5.60. The van der Waals surface area contributed by atoms with Gasteiger partial charge in [-0.3, -0.25) is 0 Å². The summed E-state index contributed by atoms with van der Waals surface area (Å²) < 4.78 is 0. The maximum atomic E-state index is 4.16. The van der Waals surface area contributed by atoms with Crippen LogP contribution in [-0.4, -0.2) is 41.3 Å². The van der Waals surface area contributed by atoms with Gasteiger partial charge in [0.05, 0.1) is 17.4 Å². The SMILES string of the molecule is CN(C)C1(CNc2cnnc3ccccc23)CCC1. The third-order valence-electron chi connectivity index (χ3n) is 4.39. The van der Waals surface area contributed by atoms with Crippen molar-refractivity contribution in [2.24, 2.45) is 0 Å². The van der Waals surface area contributed by atoms with E-state index in [-0.39, 0.29) is 0 Å².